The number of benzene rings is 2. The van der Waals surface area contributed by atoms with Crippen molar-refractivity contribution in [2.75, 3.05) is 48.9 Å². The summed E-state index contributed by atoms with van der Waals surface area (Å²) in [5.41, 5.74) is 7.11. The van der Waals surface area contributed by atoms with Gasteiger partial charge in [-0.1, -0.05) is 0 Å². The van der Waals surface area contributed by atoms with Gasteiger partial charge in [0.1, 0.15) is 12.4 Å². The van der Waals surface area contributed by atoms with Crippen LogP contribution in [-0.4, -0.2) is 88.2 Å². The Balaban J connectivity index is 1.29. The Morgan fingerprint density at radius 2 is 1.58 bits per heavy atom. The summed E-state index contributed by atoms with van der Waals surface area (Å²) >= 11 is 0. The number of nitrogens with one attached hydrogen (secondary N) is 2. The van der Waals surface area contributed by atoms with E-state index in [-0.39, 0.29) is 23.6 Å². The van der Waals surface area contributed by atoms with E-state index in [0.717, 1.165) is 4.68 Å². The molecule has 0 spiro atoms. The quantitative estimate of drug-likeness (QED) is 0.308. The number of aromatic nitrogens is 4. The number of urea groups is 1. The lowest BCUT2D eigenvalue weighted by molar-refractivity contribution is -0.141. The van der Waals surface area contributed by atoms with Crippen LogP contribution in [0, 0.1) is 0 Å². The zero-order valence-corrected chi connectivity index (χ0v) is 23.0. The molecular weight excluding hydrogens is 567 g/mol. The van der Waals surface area contributed by atoms with Crippen LogP contribution in [0.25, 0.3) is 22.4 Å². The number of rotatable bonds is 6. The average molecular weight is 596 g/mol. The van der Waals surface area contributed by atoms with Crippen LogP contribution >= 0.6 is 0 Å². The van der Waals surface area contributed by atoms with Crippen molar-refractivity contribution in [2.45, 2.75) is 24.8 Å². The van der Waals surface area contributed by atoms with Crippen LogP contribution in [0.4, 0.5) is 35.2 Å². The molecule has 0 saturated carbocycles. The maximum Gasteiger partial charge on any atom is 0.408 e. The highest BCUT2D eigenvalue weighted by molar-refractivity contribution is 6.00. The van der Waals surface area contributed by atoms with E-state index in [1.807, 2.05) is 7.05 Å². The molecule has 2 aromatic heterocycles. The molecule has 2 aliphatic heterocycles. The first-order chi connectivity index (χ1) is 20.5. The van der Waals surface area contributed by atoms with Gasteiger partial charge in [-0.05, 0) is 55.6 Å². The molecule has 2 saturated heterocycles. The third kappa shape index (κ3) is 6.08. The number of likely N-dealkylation sites (N-methyl/N-ethyl adjacent to an activating group) is 1. The highest BCUT2D eigenvalue weighted by Gasteiger charge is 2.39. The summed E-state index contributed by atoms with van der Waals surface area (Å²) in [5, 5.41) is 9.84. The minimum atomic E-state index is -4.49. The number of nitrogens with two attached hydrogens (primary N) is 1. The van der Waals surface area contributed by atoms with E-state index in [0.29, 0.717) is 60.0 Å². The number of hydrogen-bond donors (Lipinski definition) is 3. The molecule has 224 valence electrons. The van der Waals surface area contributed by atoms with E-state index in [2.05, 4.69) is 30.5 Å². The van der Waals surface area contributed by atoms with Crippen molar-refractivity contribution < 1.29 is 27.5 Å². The summed E-state index contributed by atoms with van der Waals surface area (Å²) in [6.45, 7) is 1.08. The largest absolute Gasteiger partial charge is 0.408 e. The fourth-order valence-electron chi connectivity index (χ4n) is 5.49. The van der Waals surface area contributed by atoms with Crippen LogP contribution in [0.15, 0.2) is 54.7 Å². The van der Waals surface area contributed by atoms with E-state index in [9.17, 15) is 22.8 Å². The summed E-state index contributed by atoms with van der Waals surface area (Å²) in [5.74, 6) is 0.176. The van der Waals surface area contributed by atoms with E-state index in [4.69, 9.17) is 15.5 Å². The number of piperazine rings is 1. The van der Waals surface area contributed by atoms with Crippen LogP contribution < -0.4 is 21.3 Å². The molecule has 15 heteroatoms. The number of primary amides is 1. The van der Waals surface area contributed by atoms with E-state index in [1.54, 1.807) is 36.4 Å². The smallest absolute Gasteiger partial charge is 0.377 e. The number of amides is 3. The molecule has 2 aliphatic rings. The SMILES string of the molecule is CN1CC2COCC(C1)N2c1nc(-c2ccc(NC(=O)Nc3ccc(C(N)=O)cc3)cc2)nc2c1cnn2CC(F)(F)F. The van der Waals surface area contributed by atoms with E-state index in [1.165, 1.54) is 18.3 Å². The molecular formula is C28H28F3N9O3. The molecule has 2 aromatic carbocycles. The molecule has 3 amide bonds. The number of hydrogen-bond acceptors (Lipinski definition) is 8. The average Bonchev–Trinajstić information content (AvgIpc) is 3.34. The lowest BCUT2D eigenvalue weighted by Gasteiger charge is -2.49. The fourth-order valence-corrected chi connectivity index (χ4v) is 5.49. The van der Waals surface area contributed by atoms with Gasteiger partial charge in [0.05, 0.1) is 36.9 Å². The van der Waals surface area contributed by atoms with Gasteiger partial charge in [0.2, 0.25) is 5.91 Å². The summed E-state index contributed by atoms with van der Waals surface area (Å²) < 4.78 is 46.8. The van der Waals surface area contributed by atoms with Gasteiger partial charge < -0.3 is 30.9 Å². The molecule has 0 aliphatic carbocycles. The van der Waals surface area contributed by atoms with Crippen LogP contribution in [-0.2, 0) is 11.3 Å². The number of carbonyl (C=O) groups excluding carboxylic acids is 2. The van der Waals surface area contributed by atoms with Gasteiger partial charge in [-0.3, -0.25) is 4.79 Å². The van der Waals surface area contributed by atoms with Crippen LogP contribution in [0.1, 0.15) is 10.4 Å². The highest BCUT2D eigenvalue weighted by atomic mass is 19.4. The van der Waals surface area contributed by atoms with Gasteiger partial charge in [-0.2, -0.15) is 18.3 Å². The first kappa shape index (κ1) is 28.4. The predicted molar refractivity (Wildman–Crippen MR) is 153 cm³/mol. The van der Waals surface area contributed by atoms with Crippen molar-refractivity contribution in [1.82, 2.24) is 24.6 Å². The molecule has 4 heterocycles. The van der Waals surface area contributed by atoms with Gasteiger partial charge in [0.25, 0.3) is 0 Å². The molecule has 6 rings (SSSR count). The fraction of sp³-hybridized carbons (Fsp3) is 0.321. The Kier molecular flexibility index (Phi) is 7.35. The maximum absolute atomic E-state index is 13.4. The molecule has 12 nitrogen and oxygen atoms in total. The Labute approximate surface area is 243 Å². The number of anilines is 3. The highest BCUT2D eigenvalue weighted by Crippen LogP contribution is 2.34. The molecule has 2 atom stereocenters. The number of ether oxygens (including phenoxy) is 1. The lowest BCUT2D eigenvalue weighted by atomic mass is 10.0. The number of halogens is 3. The van der Waals surface area contributed by atoms with Crippen molar-refractivity contribution in [3.63, 3.8) is 0 Å². The molecule has 0 radical (unpaired) electrons. The van der Waals surface area contributed by atoms with Crippen molar-refractivity contribution >= 4 is 40.2 Å². The summed E-state index contributed by atoms with van der Waals surface area (Å²) in [6.07, 6.45) is -3.09. The van der Waals surface area contributed by atoms with E-state index >= 15 is 0 Å². The van der Waals surface area contributed by atoms with Crippen molar-refractivity contribution in [3.8, 4) is 11.4 Å². The zero-order chi connectivity index (χ0) is 30.3. The second kappa shape index (κ2) is 11.1. The molecule has 4 aromatic rings. The van der Waals surface area contributed by atoms with Crippen molar-refractivity contribution in [1.29, 1.82) is 0 Å². The monoisotopic (exact) mass is 595 g/mol. The molecule has 2 unspecified atom stereocenters. The third-order valence-corrected chi connectivity index (χ3v) is 7.33. The number of morpholine rings is 1. The Bertz CT molecular complexity index is 1640. The summed E-state index contributed by atoms with van der Waals surface area (Å²) in [7, 11) is 2.03. The second-order valence-corrected chi connectivity index (χ2v) is 10.6. The Morgan fingerprint density at radius 1 is 0.977 bits per heavy atom. The normalized spacial score (nSPS) is 18.9. The van der Waals surface area contributed by atoms with Crippen molar-refractivity contribution in [2.24, 2.45) is 5.73 Å². The first-order valence-corrected chi connectivity index (χ1v) is 13.5. The topological polar surface area (TPSA) is 144 Å². The van der Waals surface area contributed by atoms with Crippen LogP contribution in [0.3, 0.4) is 0 Å². The van der Waals surface area contributed by atoms with Crippen LogP contribution in [0.5, 0.6) is 0 Å². The molecule has 43 heavy (non-hydrogen) atoms. The van der Waals surface area contributed by atoms with Gasteiger partial charge >= 0.3 is 12.2 Å². The summed E-state index contributed by atoms with van der Waals surface area (Å²) in [4.78, 5) is 37.4. The Hall–Kier alpha value is -4.76. The maximum atomic E-state index is 13.4. The van der Waals surface area contributed by atoms with E-state index < -0.39 is 24.7 Å². The van der Waals surface area contributed by atoms with Gasteiger partial charge in [-0.15, -0.1) is 0 Å². The van der Waals surface area contributed by atoms with Crippen LogP contribution in [0.2, 0.25) is 0 Å². The first-order valence-electron chi connectivity index (χ1n) is 13.5. The number of alkyl halides is 3. The van der Waals surface area contributed by atoms with Crippen molar-refractivity contribution in [3.05, 3.63) is 60.3 Å². The van der Waals surface area contributed by atoms with Gasteiger partial charge in [-0.25, -0.2) is 19.4 Å². The molecule has 4 N–H and O–H groups in total. The van der Waals surface area contributed by atoms with Gasteiger partial charge in [0.15, 0.2) is 11.5 Å². The number of carbonyl (C=O) groups is 2. The summed E-state index contributed by atoms with van der Waals surface area (Å²) in [6, 6.07) is 12.2. The lowest BCUT2D eigenvalue weighted by Crippen LogP contribution is -2.64. The molecule has 2 fully saturated rings. The standard InChI is InChI=1S/C28H28F3N9O3/c1-38-11-20-13-43-14-21(12-38)40(20)26-22-10-33-39(15-28(29,30)31)25(22)36-24(37-26)17-4-8-19(9-5-17)35-27(42)34-18-6-2-16(3-7-18)23(32)41/h2-10,20-21H,11-15H2,1H3,(H2,32,41)(H2,34,35,42). The zero-order valence-electron chi connectivity index (χ0n) is 23.0. The molecule has 2 bridgehead atoms. The Morgan fingerprint density at radius 3 is 2.16 bits per heavy atom. The predicted octanol–water partition coefficient (Wildman–Crippen LogP) is 3.32. The second-order valence-electron chi connectivity index (χ2n) is 10.6. The minimum Gasteiger partial charge on any atom is -0.377 e. The number of nitrogens with zero attached hydrogens (tertiary/aromatic N) is 6. The third-order valence-electron chi connectivity index (χ3n) is 7.33. The van der Waals surface area contributed by atoms with Gasteiger partial charge in [0, 0.05) is 35.6 Å². The minimum absolute atomic E-state index is 0.0356. The number of fused-ring (bicyclic) bond motifs is 3.